The number of hydrogen-bond acceptors (Lipinski definition) is 4. The lowest BCUT2D eigenvalue weighted by Crippen LogP contribution is -2.27. The van der Waals surface area contributed by atoms with Crippen LogP contribution in [0.25, 0.3) is 10.6 Å². The molecule has 0 saturated heterocycles. The molecule has 4 rings (SSSR count). The Labute approximate surface area is 151 Å². The van der Waals surface area contributed by atoms with Gasteiger partial charge < -0.3 is 5.32 Å². The van der Waals surface area contributed by atoms with E-state index < -0.39 is 0 Å². The maximum absolute atomic E-state index is 12.3. The molecular formula is C20H19N3OS. The number of benzene rings is 1. The average Bonchev–Trinajstić information content (AvgIpc) is 3.34. The number of carbonyl (C=O) groups excluding carboxylic acids is 1. The van der Waals surface area contributed by atoms with Crippen molar-refractivity contribution in [2.45, 2.75) is 18.8 Å². The van der Waals surface area contributed by atoms with E-state index in [0.29, 0.717) is 12.5 Å². The lowest BCUT2D eigenvalue weighted by molar-refractivity contribution is -0.122. The van der Waals surface area contributed by atoms with Gasteiger partial charge in [-0.2, -0.15) is 0 Å². The number of nitrogens with zero attached hydrogens (tertiary/aromatic N) is 2. The molecule has 1 fully saturated rings. The molecule has 25 heavy (non-hydrogen) atoms. The van der Waals surface area contributed by atoms with Crippen molar-refractivity contribution in [1.82, 2.24) is 15.3 Å². The fourth-order valence-corrected chi connectivity index (χ4v) is 3.89. The normalized spacial score (nSPS) is 18.7. The molecule has 0 unspecified atom stereocenters. The van der Waals surface area contributed by atoms with Gasteiger partial charge in [0.1, 0.15) is 5.01 Å². The molecule has 2 aromatic heterocycles. The number of aromatic nitrogens is 2. The monoisotopic (exact) mass is 349 g/mol. The number of amides is 1. The first kappa shape index (κ1) is 16.0. The van der Waals surface area contributed by atoms with E-state index in [4.69, 9.17) is 0 Å². The first-order chi connectivity index (χ1) is 12.3. The summed E-state index contributed by atoms with van der Waals surface area (Å²) in [5.74, 6) is 0.574. The van der Waals surface area contributed by atoms with Crippen LogP contribution in [0, 0.1) is 5.92 Å². The van der Waals surface area contributed by atoms with E-state index in [9.17, 15) is 4.79 Å². The molecule has 1 saturated carbocycles. The summed E-state index contributed by atoms with van der Waals surface area (Å²) in [6.45, 7) is 0.632. The largest absolute Gasteiger partial charge is 0.355 e. The highest BCUT2D eigenvalue weighted by Crippen LogP contribution is 2.47. The Morgan fingerprint density at radius 3 is 2.88 bits per heavy atom. The second kappa shape index (κ2) is 7.15. The molecule has 0 bridgehead atoms. The topological polar surface area (TPSA) is 54.9 Å². The summed E-state index contributed by atoms with van der Waals surface area (Å²) in [5.41, 5.74) is 3.33. The van der Waals surface area contributed by atoms with E-state index in [1.807, 2.05) is 36.5 Å². The minimum Gasteiger partial charge on any atom is -0.355 e. The van der Waals surface area contributed by atoms with Crippen molar-refractivity contribution in [2.24, 2.45) is 5.92 Å². The third-order valence-corrected chi connectivity index (χ3v) is 5.43. The van der Waals surface area contributed by atoms with Crippen LogP contribution in [0.1, 0.15) is 23.6 Å². The molecule has 0 spiro atoms. The Morgan fingerprint density at radius 2 is 2.08 bits per heavy atom. The van der Waals surface area contributed by atoms with Gasteiger partial charge in [-0.25, -0.2) is 4.98 Å². The van der Waals surface area contributed by atoms with Gasteiger partial charge in [-0.3, -0.25) is 9.78 Å². The number of rotatable bonds is 6. The van der Waals surface area contributed by atoms with Gasteiger partial charge in [-0.05, 0) is 24.0 Å². The van der Waals surface area contributed by atoms with Gasteiger partial charge in [0.15, 0.2) is 0 Å². The van der Waals surface area contributed by atoms with Crippen molar-refractivity contribution >= 4 is 17.2 Å². The van der Waals surface area contributed by atoms with Crippen LogP contribution in [0.2, 0.25) is 0 Å². The van der Waals surface area contributed by atoms with Crippen molar-refractivity contribution in [1.29, 1.82) is 0 Å². The number of nitrogens with one attached hydrogen (secondary N) is 1. The third kappa shape index (κ3) is 3.77. The van der Waals surface area contributed by atoms with Crippen molar-refractivity contribution in [3.05, 3.63) is 71.5 Å². The van der Waals surface area contributed by atoms with Crippen molar-refractivity contribution in [3.63, 3.8) is 0 Å². The molecule has 2 atom stereocenters. The first-order valence-electron chi connectivity index (χ1n) is 8.49. The summed E-state index contributed by atoms with van der Waals surface area (Å²) >= 11 is 1.65. The van der Waals surface area contributed by atoms with E-state index in [1.54, 1.807) is 17.5 Å². The summed E-state index contributed by atoms with van der Waals surface area (Å²) in [6, 6.07) is 14.1. The average molecular weight is 349 g/mol. The van der Waals surface area contributed by atoms with Gasteiger partial charge in [0.25, 0.3) is 0 Å². The number of carbonyl (C=O) groups is 1. The zero-order valence-corrected chi connectivity index (χ0v) is 14.6. The van der Waals surface area contributed by atoms with Crippen LogP contribution >= 0.6 is 11.3 Å². The molecule has 5 heteroatoms. The SMILES string of the molecule is O=C(NCCc1csc(-c2ccccc2)n1)[C@H]1C[C@@H]1c1cccnc1. The maximum Gasteiger partial charge on any atom is 0.223 e. The second-order valence-corrected chi connectivity index (χ2v) is 7.14. The Kier molecular flexibility index (Phi) is 4.57. The quantitative estimate of drug-likeness (QED) is 0.739. The van der Waals surface area contributed by atoms with Crippen LogP contribution < -0.4 is 5.32 Å². The highest BCUT2D eigenvalue weighted by molar-refractivity contribution is 7.13. The predicted octanol–water partition coefficient (Wildman–Crippen LogP) is 3.67. The minimum absolute atomic E-state index is 0.0968. The fraction of sp³-hybridized carbons (Fsp3) is 0.250. The summed E-state index contributed by atoms with van der Waals surface area (Å²) in [4.78, 5) is 21.0. The Balaban J connectivity index is 1.26. The van der Waals surface area contributed by atoms with Crippen LogP contribution in [-0.4, -0.2) is 22.4 Å². The molecule has 4 nitrogen and oxygen atoms in total. The number of thiazole rings is 1. The van der Waals surface area contributed by atoms with E-state index in [2.05, 4.69) is 32.8 Å². The highest BCUT2D eigenvalue weighted by Gasteiger charge is 2.43. The molecule has 1 N–H and O–H groups in total. The van der Waals surface area contributed by atoms with Gasteiger partial charge in [-0.15, -0.1) is 11.3 Å². The summed E-state index contributed by atoms with van der Waals surface area (Å²) in [6.07, 6.45) is 5.31. The van der Waals surface area contributed by atoms with E-state index in [1.165, 1.54) is 0 Å². The molecule has 0 aliphatic heterocycles. The van der Waals surface area contributed by atoms with Gasteiger partial charge in [0, 0.05) is 42.2 Å². The van der Waals surface area contributed by atoms with E-state index >= 15 is 0 Å². The molecule has 3 aromatic rings. The van der Waals surface area contributed by atoms with Crippen LogP contribution in [0.4, 0.5) is 0 Å². The van der Waals surface area contributed by atoms with Gasteiger partial charge in [-0.1, -0.05) is 36.4 Å². The molecule has 1 aliphatic carbocycles. The van der Waals surface area contributed by atoms with E-state index in [0.717, 1.165) is 34.7 Å². The number of hydrogen-bond donors (Lipinski definition) is 1. The Bertz CT molecular complexity index is 848. The maximum atomic E-state index is 12.3. The summed E-state index contributed by atoms with van der Waals surface area (Å²) in [7, 11) is 0. The molecular weight excluding hydrogens is 330 g/mol. The summed E-state index contributed by atoms with van der Waals surface area (Å²) in [5, 5.41) is 6.15. The second-order valence-electron chi connectivity index (χ2n) is 6.29. The first-order valence-corrected chi connectivity index (χ1v) is 9.36. The van der Waals surface area contributed by atoms with Crippen molar-refractivity contribution < 1.29 is 4.79 Å². The lowest BCUT2D eigenvalue weighted by Gasteiger charge is -2.04. The van der Waals surface area contributed by atoms with Gasteiger partial charge in [0.2, 0.25) is 5.91 Å². The highest BCUT2D eigenvalue weighted by atomic mass is 32.1. The minimum atomic E-state index is 0.0968. The van der Waals surface area contributed by atoms with Crippen LogP contribution in [0.3, 0.4) is 0 Å². The van der Waals surface area contributed by atoms with E-state index in [-0.39, 0.29) is 11.8 Å². The van der Waals surface area contributed by atoms with Crippen LogP contribution in [0.15, 0.2) is 60.2 Å². The zero-order valence-electron chi connectivity index (χ0n) is 13.8. The molecule has 126 valence electrons. The fourth-order valence-electron chi connectivity index (χ4n) is 3.03. The Morgan fingerprint density at radius 1 is 1.20 bits per heavy atom. The standard InChI is InChI=1S/C20H19N3OS/c24-19(18-11-17(18)15-7-4-9-21-12-15)22-10-8-16-13-25-20(23-16)14-5-2-1-3-6-14/h1-7,9,12-13,17-18H,8,10-11H2,(H,22,24)/t17-,18+/m1/s1. The van der Waals surface area contributed by atoms with Gasteiger partial charge in [0.05, 0.1) is 5.69 Å². The summed E-state index contributed by atoms with van der Waals surface area (Å²) < 4.78 is 0. The molecule has 0 radical (unpaired) electrons. The van der Waals surface area contributed by atoms with Crippen molar-refractivity contribution in [2.75, 3.05) is 6.54 Å². The molecule has 1 aliphatic rings. The van der Waals surface area contributed by atoms with Crippen molar-refractivity contribution in [3.8, 4) is 10.6 Å². The Hall–Kier alpha value is -2.53. The van der Waals surface area contributed by atoms with Gasteiger partial charge >= 0.3 is 0 Å². The zero-order chi connectivity index (χ0) is 17.1. The third-order valence-electron chi connectivity index (χ3n) is 4.49. The molecule has 1 amide bonds. The molecule has 1 aromatic carbocycles. The predicted molar refractivity (Wildman–Crippen MR) is 99.3 cm³/mol. The number of pyridine rings is 1. The smallest absolute Gasteiger partial charge is 0.223 e. The van der Waals surface area contributed by atoms with Crippen LogP contribution in [-0.2, 0) is 11.2 Å². The lowest BCUT2D eigenvalue weighted by atomic mass is 10.1. The molecule has 2 heterocycles. The van der Waals surface area contributed by atoms with Crippen LogP contribution in [0.5, 0.6) is 0 Å².